The molecule has 0 N–H and O–H groups in total. The Labute approximate surface area is 123 Å². The lowest BCUT2D eigenvalue weighted by molar-refractivity contribution is 0.320. The predicted molar refractivity (Wildman–Crippen MR) is 89.7 cm³/mol. The zero-order chi connectivity index (χ0) is 14.3. The maximum Gasteiger partial charge on any atom is -0.0412 e. The molecule has 0 saturated carbocycles. The van der Waals surface area contributed by atoms with Crippen LogP contribution in [-0.4, -0.2) is 0 Å². The number of rotatable bonds is 14. The van der Waals surface area contributed by atoms with Crippen LogP contribution in [0.15, 0.2) is 0 Å². The fourth-order valence-electron chi connectivity index (χ4n) is 3.25. The van der Waals surface area contributed by atoms with Gasteiger partial charge in [-0.05, 0) is 18.3 Å². The first-order chi connectivity index (χ1) is 9.24. The summed E-state index contributed by atoms with van der Waals surface area (Å²) in [4.78, 5) is 0. The minimum Gasteiger partial charge on any atom is -0.0654 e. The highest BCUT2D eigenvalue weighted by molar-refractivity contribution is 4.64. The van der Waals surface area contributed by atoms with Gasteiger partial charge in [0.2, 0.25) is 0 Å². The molecule has 0 heterocycles. The molecule has 0 aliphatic rings. The van der Waals surface area contributed by atoms with E-state index in [0.29, 0.717) is 0 Å². The zero-order valence-corrected chi connectivity index (χ0v) is 14.3. The maximum atomic E-state index is 2.49. The molecule has 0 saturated heterocycles. The zero-order valence-electron chi connectivity index (χ0n) is 14.3. The van der Waals surface area contributed by atoms with Crippen molar-refractivity contribution in [3.63, 3.8) is 0 Å². The minimum atomic E-state index is 0.958. The summed E-state index contributed by atoms with van der Waals surface area (Å²) in [5.41, 5.74) is 0. The molecule has 0 aliphatic heterocycles. The summed E-state index contributed by atoms with van der Waals surface area (Å²) in [6.45, 7) is 9.45. The summed E-state index contributed by atoms with van der Waals surface area (Å²) < 4.78 is 0. The third-order valence-corrected chi connectivity index (χ3v) is 4.45. The lowest BCUT2D eigenvalue weighted by Crippen LogP contribution is -2.07. The molecular formula is C19H40. The van der Waals surface area contributed by atoms with Gasteiger partial charge in [-0.25, -0.2) is 0 Å². The van der Waals surface area contributed by atoms with Crippen molar-refractivity contribution in [3.05, 3.63) is 0 Å². The van der Waals surface area contributed by atoms with Crippen molar-refractivity contribution >= 4 is 0 Å². The van der Waals surface area contributed by atoms with Crippen molar-refractivity contribution in [3.8, 4) is 0 Å². The summed E-state index contributed by atoms with van der Waals surface area (Å²) in [5, 5.41) is 0. The van der Waals surface area contributed by atoms with E-state index in [4.69, 9.17) is 0 Å². The van der Waals surface area contributed by atoms with Gasteiger partial charge < -0.3 is 0 Å². The molecule has 0 aromatic heterocycles. The second-order valence-corrected chi connectivity index (χ2v) is 6.69. The fourth-order valence-corrected chi connectivity index (χ4v) is 3.25. The predicted octanol–water partition coefficient (Wildman–Crippen LogP) is 7.37. The molecule has 0 radical (unpaired) electrons. The van der Waals surface area contributed by atoms with Crippen molar-refractivity contribution in [1.82, 2.24) is 0 Å². The van der Waals surface area contributed by atoms with Crippen molar-refractivity contribution in [2.24, 2.45) is 11.8 Å². The highest BCUT2D eigenvalue weighted by Gasteiger charge is 2.12. The summed E-state index contributed by atoms with van der Waals surface area (Å²) in [5.74, 6) is 1.97. The van der Waals surface area contributed by atoms with Crippen LogP contribution in [0.3, 0.4) is 0 Å². The first-order valence-electron chi connectivity index (χ1n) is 9.24. The molecule has 0 aromatic carbocycles. The number of hydrogen-bond acceptors (Lipinski definition) is 0. The Balaban J connectivity index is 3.70. The van der Waals surface area contributed by atoms with Gasteiger partial charge in [0.15, 0.2) is 0 Å². The SMILES string of the molecule is CCCCCCC(C)CC(CCC)CCCCCC. The molecule has 0 bridgehead atoms. The van der Waals surface area contributed by atoms with Crippen molar-refractivity contribution in [2.75, 3.05) is 0 Å². The maximum absolute atomic E-state index is 2.49. The number of hydrogen-bond donors (Lipinski definition) is 0. The molecule has 0 amide bonds. The van der Waals surface area contributed by atoms with Crippen LogP contribution in [0.2, 0.25) is 0 Å². The van der Waals surface area contributed by atoms with E-state index in [1.807, 2.05) is 0 Å². The van der Waals surface area contributed by atoms with Gasteiger partial charge in [0.1, 0.15) is 0 Å². The van der Waals surface area contributed by atoms with E-state index in [-0.39, 0.29) is 0 Å². The molecule has 2 atom stereocenters. The van der Waals surface area contributed by atoms with E-state index in [1.54, 1.807) is 0 Å². The first kappa shape index (κ1) is 19.0. The van der Waals surface area contributed by atoms with E-state index in [0.717, 1.165) is 11.8 Å². The Bertz CT molecular complexity index is 161. The smallest absolute Gasteiger partial charge is 0.0412 e. The average molecular weight is 269 g/mol. The van der Waals surface area contributed by atoms with Gasteiger partial charge in [0, 0.05) is 0 Å². The van der Waals surface area contributed by atoms with Crippen molar-refractivity contribution in [2.45, 2.75) is 111 Å². The molecule has 0 heteroatoms. The Hall–Kier alpha value is 0. The molecule has 19 heavy (non-hydrogen) atoms. The Kier molecular flexibility index (Phi) is 14.4. The van der Waals surface area contributed by atoms with Crippen molar-refractivity contribution in [1.29, 1.82) is 0 Å². The summed E-state index contributed by atoms with van der Waals surface area (Å²) >= 11 is 0. The third kappa shape index (κ3) is 12.8. The average Bonchev–Trinajstić information content (AvgIpc) is 2.40. The molecular weight excluding hydrogens is 228 g/mol. The van der Waals surface area contributed by atoms with Gasteiger partial charge >= 0.3 is 0 Å². The van der Waals surface area contributed by atoms with E-state index < -0.39 is 0 Å². The highest BCUT2D eigenvalue weighted by Crippen LogP contribution is 2.26. The highest BCUT2D eigenvalue weighted by atomic mass is 14.2. The Morgan fingerprint density at radius 3 is 1.68 bits per heavy atom. The summed E-state index contributed by atoms with van der Waals surface area (Å²) in [7, 11) is 0. The minimum absolute atomic E-state index is 0.958. The quantitative estimate of drug-likeness (QED) is 0.288. The van der Waals surface area contributed by atoms with E-state index in [9.17, 15) is 0 Å². The molecule has 0 aliphatic carbocycles. The van der Waals surface area contributed by atoms with Gasteiger partial charge in [0.25, 0.3) is 0 Å². The van der Waals surface area contributed by atoms with Crippen LogP contribution >= 0.6 is 0 Å². The van der Waals surface area contributed by atoms with Crippen LogP contribution in [0.1, 0.15) is 111 Å². The summed E-state index contributed by atoms with van der Waals surface area (Å²) in [6, 6.07) is 0. The van der Waals surface area contributed by atoms with E-state index in [2.05, 4.69) is 27.7 Å². The molecule has 0 fully saturated rings. The Morgan fingerprint density at radius 2 is 1.16 bits per heavy atom. The standard InChI is InChI=1S/C19H40/c1-5-8-10-12-15-18(4)17-19(14-7-3)16-13-11-9-6-2/h18-19H,5-17H2,1-4H3. The van der Waals surface area contributed by atoms with Crippen LogP contribution in [0.4, 0.5) is 0 Å². The van der Waals surface area contributed by atoms with E-state index >= 15 is 0 Å². The van der Waals surface area contributed by atoms with Gasteiger partial charge in [-0.3, -0.25) is 0 Å². The lowest BCUT2D eigenvalue weighted by atomic mass is 9.85. The molecule has 0 rings (SSSR count). The molecule has 0 aromatic rings. The second kappa shape index (κ2) is 14.4. The monoisotopic (exact) mass is 268 g/mol. The van der Waals surface area contributed by atoms with Crippen LogP contribution in [-0.2, 0) is 0 Å². The lowest BCUT2D eigenvalue weighted by Gasteiger charge is -2.20. The second-order valence-electron chi connectivity index (χ2n) is 6.69. The molecule has 116 valence electrons. The van der Waals surface area contributed by atoms with Gasteiger partial charge in [-0.1, -0.05) is 105 Å². The van der Waals surface area contributed by atoms with Gasteiger partial charge in [-0.2, -0.15) is 0 Å². The normalized spacial score (nSPS) is 14.5. The topological polar surface area (TPSA) is 0 Å². The summed E-state index contributed by atoms with van der Waals surface area (Å²) in [6.07, 6.45) is 18.7. The first-order valence-corrected chi connectivity index (χ1v) is 9.24. The van der Waals surface area contributed by atoms with Crippen molar-refractivity contribution < 1.29 is 0 Å². The number of unbranched alkanes of at least 4 members (excludes halogenated alkanes) is 6. The van der Waals surface area contributed by atoms with Crippen LogP contribution in [0.5, 0.6) is 0 Å². The molecule has 0 nitrogen and oxygen atoms in total. The molecule has 0 spiro atoms. The largest absolute Gasteiger partial charge is 0.0654 e. The fraction of sp³-hybridized carbons (Fsp3) is 1.00. The van der Waals surface area contributed by atoms with Gasteiger partial charge in [0.05, 0.1) is 0 Å². The molecule has 2 unspecified atom stereocenters. The van der Waals surface area contributed by atoms with Crippen LogP contribution < -0.4 is 0 Å². The third-order valence-electron chi connectivity index (χ3n) is 4.45. The van der Waals surface area contributed by atoms with Crippen LogP contribution in [0, 0.1) is 11.8 Å². The van der Waals surface area contributed by atoms with Gasteiger partial charge in [-0.15, -0.1) is 0 Å². The Morgan fingerprint density at radius 1 is 0.579 bits per heavy atom. The van der Waals surface area contributed by atoms with Crippen LogP contribution in [0.25, 0.3) is 0 Å². The van der Waals surface area contributed by atoms with E-state index in [1.165, 1.54) is 83.5 Å².